The normalized spacial score (nSPS) is 20.9. The van der Waals surface area contributed by atoms with E-state index in [2.05, 4.69) is 60.5 Å². The van der Waals surface area contributed by atoms with Crippen LogP contribution >= 0.6 is 0 Å². The van der Waals surface area contributed by atoms with Gasteiger partial charge in [-0.05, 0) is 42.1 Å². The maximum atomic E-state index is 9.10. The molecule has 0 unspecified atom stereocenters. The minimum Gasteiger partial charge on any atom is -0.473 e. The summed E-state index contributed by atoms with van der Waals surface area (Å²) in [5, 5.41) is 14.8. The van der Waals surface area contributed by atoms with Crippen LogP contribution in [0.1, 0.15) is 28.3 Å². The molecule has 2 N–H and O–H groups in total. The molecule has 124 valence electrons. The first-order valence-corrected chi connectivity index (χ1v) is 7.82. The van der Waals surface area contributed by atoms with Crippen molar-refractivity contribution in [2.45, 2.75) is 24.9 Å². The Hall–Kier alpha value is -2.66. The van der Waals surface area contributed by atoms with Gasteiger partial charge in [0.15, 0.2) is 0 Å². The maximum absolute atomic E-state index is 9.10. The van der Waals surface area contributed by atoms with Crippen LogP contribution in [0.2, 0.25) is 0 Å². The van der Waals surface area contributed by atoms with E-state index in [9.17, 15) is 0 Å². The van der Waals surface area contributed by atoms with Gasteiger partial charge in [-0.25, -0.2) is 9.59 Å². The van der Waals surface area contributed by atoms with E-state index in [1.165, 1.54) is 24.0 Å². The van der Waals surface area contributed by atoms with Crippen LogP contribution in [0.15, 0.2) is 48.5 Å². The lowest BCUT2D eigenvalue weighted by molar-refractivity contribution is -0.159. The van der Waals surface area contributed by atoms with Crippen LogP contribution in [0.5, 0.6) is 0 Å². The summed E-state index contributed by atoms with van der Waals surface area (Å²) in [6.45, 7) is 0. The molecule has 0 amide bonds. The number of likely N-dealkylation sites (N-methyl/N-ethyl adjacent to an activating group) is 1. The number of nitrogens with zero attached hydrogens (tertiary/aromatic N) is 1. The largest absolute Gasteiger partial charge is 0.473 e. The lowest BCUT2D eigenvalue weighted by Crippen LogP contribution is -2.46. The first-order valence-electron chi connectivity index (χ1n) is 7.82. The average molecular weight is 325 g/mol. The Morgan fingerprint density at radius 3 is 1.71 bits per heavy atom. The van der Waals surface area contributed by atoms with E-state index in [4.69, 9.17) is 19.8 Å². The van der Waals surface area contributed by atoms with Crippen LogP contribution in [0.3, 0.4) is 0 Å². The van der Waals surface area contributed by atoms with Crippen molar-refractivity contribution in [3.05, 3.63) is 70.8 Å². The Labute approximate surface area is 140 Å². The monoisotopic (exact) mass is 325 g/mol. The minimum absolute atomic E-state index is 0.463. The van der Waals surface area contributed by atoms with Gasteiger partial charge in [-0.2, -0.15) is 0 Å². The number of hydrogen-bond donors (Lipinski definition) is 2. The van der Waals surface area contributed by atoms with Crippen molar-refractivity contribution in [2.75, 3.05) is 7.05 Å². The standard InChI is InChI=1S/C17H17N.C2H2O4/c1-18-14-10-12-6-2-4-8-15(12)17(18)16-9-5-3-7-13(16)11-14;3-1(4)2(5)6/h2-9,14,17H,10-11H2,1H3;(H,3,4)(H,5,6). The van der Waals surface area contributed by atoms with E-state index in [1.54, 1.807) is 11.1 Å². The Morgan fingerprint density at radius 1 is 0.875 bits per heavy atom. The van der Waals surface area contributed by atoms with Gasteiger partial charge in [0.25, 0.3) is 0 Å². The predicted octanol–water partition coefficient (Wildman–Crippen LogP) is 2.34. The highest BCUT2D eigenvalue weighted by Gasteiger charge is 2.37. The number of benzene rings is 2. The molecule has 2 bridgehead atoms. The summed E-state index contributed by atoms with van der Waals surface area (Å²) in [7, 11) is 2.28. The second-order valence-corrected chi connectivity index (χ2v) is 6.14. The van der Waals surface area contributed by atoms with Gasteiger partial charge in [-0.15, -0.1) is 0 Å². The lowest BCUT2D eigenvalue weighted by Gasteiger charge is -2.46. The SMILES string of the molecule is CN1C2Cc3ccccc3C1c1ccccc1C2.O=C(O)C(=O)O. The zero-order chi connectivity index (χ0) is 17.3. The van der Waals surface area contributed by atoms with Gasteiger partial charge in [-0.1, -0.05) is 48.5 Å². The van der Waals surface area contributed by atoms with Crippen molar-refractivity contribution in [3.63, 3.8) is 0 Å². The van der Waals surface area contributed by atoms with Gasteiger partial charge >= 0.3 is 11.9 Å². The predicted molar refractivity (Wildman–Crippen MR) is 89.0 cm³/mol. The fourth-order valence-corrected chi connectivity index (χ4v) is 3.66. The number of hydrogen-bond acceptors (Lipinski definition) is 3. The van der Waals surface area contributed by atoms with Gasteiger partial charge in [0.05, 0.1) is 6.04 Å². The highest BCUT2D eigenvalue weighted by atomic mass is 16.4. The third kappa shape index (κ3) is 2.90. The fraction of sp³-hybridized carbons (Fsp3) is 0.263. The van der Waals surface area contributed by atoms with Crippen LogP contribution in [-0.4, -0.2) is 40.1 Å². The molecule has 0 saturated carbocycles. The molecule has 2 aromatic carbocycles. The van der Waals surface area contributed by atoms with Gasteiger partial charge in [0, 0.05) is 6.04 Å². The number of rotatable bonds is 0. The molecule has 0 aromatic heterocycles. The molecule has 0 atom stereocenters. The molecule has 0 spiro atoms. The van der Waals surface area contributed by atoms with Crippen molar-refractivity contribution < 1.29 is 19.8 Å². The summed E-state index contributed by atoms with van der Waals surface area (Å²) in [5.41, 5.74) is 6.09. The van der Waals surface area contributed by atoms with Crippen LogP contribution in [0.4, 0.5) is 0 Å². The minimum atomic E-state index is -1.82. The highest BCUT2D eigenvalue weighted by Crippen LogP contribution is 2.42. The first kappa shape index (κ1) is 16.2. The van der Waals surface area contributed by atoms with Crippen molar-refractivity contribution >= 4 is 11.9 Å². The van der Waals surface area contributed by atoms with E-state index >= 15 is 0 Å². The van der Waals surface area contributed by atoms with Gasteiger partial charge in [0.1, 0.15) is 0 Å². The molecule has 24 heavy (non-hydrogen) atoms. The molecule has 0 saturated heterocycles. The van der Waals surface area contributed by atoms with E-state index in [0.29, 0.717) is 12.1 Å². The third-order valence-corrected chi connectivity index (χ3v) is 4.78. The van der Waals surface area contributed by atoms with Crippen LogP contribution in [0, 0.1) is 0 Å². The van der Waals surface area contributed by atoms with Crippen LogP contribution in [0.25, 0.3) is 0 Å². The molecule has 2 heterocycles. The highest BCUT2D eigenvalue weighted by molar-refractivity contribution is 6.27. The molecule has 0 radical (unpaired) electrons. The van der Waals surface area contributed by atoms with Gasteiger partial charge < -0.3 is 10.2 Å². The molecule has 2 aliphatic rings. The van der Waals surface area contributed by atoms with Crippen molar-refractivity contribution in [1.82, 2.24) is 4.90 Å². The summed E-state index contributed by atoms with van der Waals surface area (Å²) < 4.78 is 0. The molecule has 2 aromatic rings. The first-order chi connectivity index (χ1) is 11.5. The maximum Gasteiger partial charge on any atom is 0.414 e. The Bertz CT molecular complexity index is 725. The smallest absolute Gasteiger partial charge is 0.414 e. The van der Waals surface area contributed by atoms with Gasteiger partial charge in [-0.3, -0.25) is 4.90 Å². The van der Waals surface area contributed by atoms with Crippen molar-refractivity contribution in [2.24, 2.45) is 0 Å². The van der Waals surface area contributed by atoms with Crippen molar-refractivity contribution in [3.8, 4) is 0 Å². The molecule has 0 fully saturated rings. The number of aliphatic carboxylic acids is 2. The number of carboxylic acids is 2. The van der Waals surface area contributed by atoms with Crippen molar-refractivity contribution in [1.29, 1.82) is 0 Å². The molecule has 5 heteroatoms. The zero-order valence-corrected chi connectivity index (χ0v) is 13.3. The average Bonchev–Trinajstić information content (AvgIpc) is 2.55. The Morgan fingerprint density at radius 2 is 1.29 bits per heavy atom. The topological polar surface area (TPSA) is 77.8 Å². The van der Waals surface area contributed by atoms with Crippen LogP contribution < -0.4 is 0 Å². The summed E-state index contributed by atoms with van der Waals surface area (Å²) in [4.78, 5) is 20.8. The summed E-state index contributed by atoms with van der Waals surface area (Å²) in [5.74, 6) is -3.65. The molecule has 5 nitrogen and oxygen atoms in total. The van der Waals surface area contributed by atoms with E-state index in [1.807, 2.05) is 0 Å². The lowest BCUT2D eigenvalue weighted by atomic mass is 9.77. The molecule has 4 rings (SSSR count). The van der Waals surface area contributed by atoms with Crippen LogP contribution in [-0.2, 0) is 22.4 Å². The van der Waals surface area contributed by atoms with E-state index in [-0.39, 0.29) is 0 Å². The number of carbonyl (C=O) groups is 2. The Balaban J connectivity index is 0.000000246. The summed E-state index contributed by atoms with van der Waals surface area (Å²) >= 11 is 0. The molecule has 2 aliphatic heterocycles. The number of fused-ring (bicyclic) bond motifs is 6. The second kappa shape index (κ2) is 6.45. The van der Waals surface area contributed by atoms with Gasteiger partial charge in [0.2, 0.25) is 0 Å². The van der Waals surface area contributed by atoms with E-state index in [0.717, 1.165) is 0 Å². The van der Waals surface area contributed by atoms with E-state index < -0.39 is 11.9 Å². The Kier molecular flexibility index (Phi) is 4.36. The second-order valence-electron chi connectivity index (χ2n) is 6.14. The number of carboxylic acid groups (broad SMARTS) is 2. The molecular weight excluding hydrogens is 306 g/mol. The molecular formula is C19H19NO4. The summed E-state index contributed by atoms with van der Waals surface area (Å²) in [6, 6.07) is 19.0. The zero-order valence-electron chi connectivity index (χ0n) is 13.3. The third-order valence-electron chi connectivity index (χ3n) is 4.78. The quantitative estimate of drug-likeness (QED) is 0.727. The molecule has 0 aliphatic carbocycles. The fourth-order valence-electron chi connectivity index (χ4n) is 3.66. The summed E-state index contributed by atoms with van der Waals surface area (Å²) in [6.07, 6.45) is 2.38.